The molecule has 25 heavy (non-hydrogen) atoms. The van der Waals surface area contributed by atoms with Crippen LogP contribution in [-0.2, 0) is 4.74 Å². The minimum Gasteiger partial charge on any atom is -0.378 e. The Morgan fingerprint density at radius 2 is 1.64 bits per heavy atom. The van der Waals surface area contributed by atoms with E-state index >= 15 is 0 Å². The van der Waals surface area contributed by atoms with Gasteiger partial charge in [-0.1, -0.05) is 22.9 Å². The molecule has 6 heteroatoms. The molecule has 0 amide bonds. The predicted molar refractivity (Wildman–Crippen MR) is 97.0 cm³/mol. The van der Waals surface area contributed by atoms with Gasteiger partial charge in [-0.3, -0.25) is 0 Å². The number of fused-ring (bicyclic) bond motifs is 1. The standard InChI is InChI=1S/C19H22N4O2/c1-11-9-12(2)15(13(3)10-11)16-17-18(25-22-16)19(21-14(4)20-17)23-5-7-24-8-6-23/h9-10H,5-8H2,1-4H3. The van der Waals surface area contributed by atoms with Gasteiger partial charge in [-0.05, 0) is 38.8 Å². The van der Waals surface area contributed by atoms with E-state index in [1.807, 2.05) is 6.92 Å². The Labute approximate surface area is 146 Å². The molecule has 130 valence electrons. The average molecular weight is 338 g/mol. The second-order valence-corrected chi connectivity index (χ2v) is 6.68. The summed E-state index contributed by atoms with van der Waals surface area (Å²) < 4.78 is 11.2. The van der Waals surface area contributed by atoms with Gasteiger partial charge in [-0.15, -0.1) is 0 Å². The fourth-order valence-electron chi connectivity index (χ4n) is 3.63. The Hall–Kier alpha value is -2.47. The third-order valence-corrected chi connectivity index (χ3v) is 4.64. The lowest BCUT2D eigenvalue weighted by Gasteiger charge is -2.27. The number of hydrogen-bond donors (Lipinski definition) is 0. The first kappa shape index (κ1) is 16.0. The van der Waals surface area contributed by atoms with Gasteiger partial charge in [-0.2, -0.15) is 0 Å². The third-order valence-electron chi connectivity index (χ3n) is 4.64. The van der Waals surface area contributed by atoms with E-state index < -0.39 is 0 Å². The molecule has 4 rings (SSSR count). The van der Waals surface area contributed by atoms with E-state index in [9.17, 15) is 0 Å². The molecule has 6 nitrogen and oxygen atoms in total. The van der Waals surface area contributed by atoms with Crippen molar-refractivity contribution < 1.29 is 9.26 Å². The number of ether oxygens (including phenoxy) is 1. The predicted octanol–water partition coefficient (Wildman–Crippen LogP) is 3.36. The topological polar surface area (TPSA) is 64.3 Å². The van der Waals surface area contributed by atoms with Crippen LogP contribution in [-0.4, -0.2) is 41.4 Å². The smallest absolute Gasteiger partial charge is 0.228 e. The van der Waals surface area contributed by atoms with Gasteiger partial charge < -0.3 is 14.2 Å². The van der Waals surface area contributed by atoms with Gasteiger partial charge >= 0.3 is 0 Å². The summed E-state index contributed by atoms with van der Waals surface area (Å²) in [5.41, 5.74) is 6.92. The molecule has 0 bridgehead atoms. The van der Waals surface area contributed by atoms with Crippen molar-refractivity contribution in [2.75, 3.05) is 31.2 Å². The van der Waals surface area contributed by atoms with Crippen molar-refractivity contribution in [1.29, 1.82) is 0 Å². The quantitative estimate of drug-likeness (QED) is 0.714. The van der Waals surface area contributed by atoms with E-state index in [1.54, 1.807) is 0 Å². The highest BCUT2D eigenvalue weighted by Gasteiger charge is 2.24. The van der Waals surface area contributed by atoms with Crippen molar-refractivity contribution in [2.45, 2.75) is 27.7 Å². The maximum atomic E-state index is 5.73. The molecule has 3 aromatic rings. The number of aromatic nitrogens is 3. The van der Waals surface area contributed by atoms with Crippen LogP contribution in [0.15, 0.2) is 16.7 Å². The Bertz CT molecular complexity index is 919. The highest BCUT2D eigenvalue weighted by Crippen LogP contribution is 2.35. The molecule has 0 aliphatic carbocycles. The van der Waals surface area contributed by atoms with Crippen molar-refractivity contribution in [2.24, 2.45) is 0 Å². The van der Waals surface area contributed by atoms with Crippen molar-refractivity contribution in [3.05, 3.63) is 34.6 Å². The summed E-state index contributed by atoms with van der Waals surface area (Å²) >= 11 is 0. The molecule has 0 radical (unpaired) electrons. The average Bonchev–Trinajstić information content (AvgIpc) is 2.97. The fourth-order valence-corrected chi connectivity index (χ4v) is 3.63. The number of benzene rings is 1. The van der Waals surface area contributed by atoms with Crippen LogP contribution >= 0.6 is 0 Å². The molecule has 1 aromatic carbocycles. The van der Waals surface area contributed by atoms with Gasteiger partial charge in [-0.25, -0.2) is 9.97 Å². The molecular formula is C19H22N4O2. The summed E-state index contributed by atoms with van der Waals surface area (Å²) in [7, 11) is 0. The van der Waals surface area contributed by atoms with Gasteiger partial charge in [0.1, 0.15) is 17.0 Å². The van der Waals surface area contributed by atoms with Crippen LogP contribution < -0.4 is 4.90 Å². The second-order valence-electron chi connectivity index (χ2n) is 6.68. The molecule has 1 aliphatic heterocycles. The number of rotatable bonds is 2. The van der Waals surface area contributed by atoms with Crippen molar-refractivity contribution in [1.82, 2.24) is 15.1 Å². The minimum absolute atomic E-state index is 0.655. The Balaban J connectivity index is 1.92. The number of morpholine rings is 1. The molecular weight excluding hydrogens is 316 g/mol. The largest absolute Gasteiger partial charge is 0.378 e. The van der Waals surface area contributed by atoms with Crippen LogP contribution in [0.1, 0.15) is 22.5 Å². The Morgan fingerprint density at radius 3 is 2.32 bits per heavy atom. The zero-order valence-corrected chi connectivity index (χ0v) is 15.1. The molecule has 0 spiro atoms. The van der Waals surface area contributed by atoms with E-state index in [-0.39, 0.29) is 0 Å². The molecule has 1 aliphatic rings. The van der Waals surface area contributed by atoms with Crippen LogP contribution in [0.5, 0.6) is 0 Å². The molecule has 0 saturated carbocycles. The first-order valence-electron chi connectivity index (χ1n) is 8.59. The monoisotopic (exact) mass is 338 g/mol. The van der Waals surface area contributed by atoms with Crippen molar-refractivity contribution in [3.63, 3.8) is 0 Å². The molecule has 0 atom stereocenters. The summed E-state index contributed by atoms with van der Waals surface area (Å²) in [5, 5.41) is 4.38. The van der Waals surface area contributed by atoms with Crippen LogP contribution in [0.25, 0.3) is 22.4 Å². The molecule has 3 heterocycles. The van der Waals surface area contributed by atoms with Gasteiger partial charge in [0.25, 0.3) is 0 Å². The summed E-state index contributed by atoms with van der Waals surface area (Å²) in [6.07, 6.45) is 0. The SMILES string of the molecule is Cc1cc(C)c(-c2noc3c(N4CCOCC4)nc(C)nc23)c(C)c1. The van der Waals surface area contributed by atoms with Gasteiger partial charge in [0.2, 0.25) is 5.58 Å². The summed E-state index contributed by atoms with van der Waals surface area (Å²) in [6, 6.07) is 4.33. The summed E-state index contributed by atoms with van der Waals surface area (Å²) in [4.78, 5) is 11.4. The second kappa shape index (κ2) is 6.11. The van der Waals surface area contributed by atoms with E-state index in [2.05, 4.69) is 52.9 Å². The molecule has 1 fully saturated rings. The minimum atomic E-state index is 0.655. The normalized spacial score (nSPS) is 15.1. The lowest BCUT2D eigenvalue weighted by atomic mass is 9.97. The van der Waals surface area contributed by atoms with Gasteiger partial charge in [0.05, 0.1) is 13.2 Å². The van der Waals surface area contributed by atoms with E-state index in [4.69, 9.17) is 9.26 Å². The van der Waals surface area contributed by atoms with Crippen LogP contribution in [0.2, 0.25) is 0 Å². The number of nitrogens with zero attached hydrogens (tertiary/aromatic N) is 4. The van der Waals surface area contributed by atoms with Crippen molar-refractivity contribution in [3.8, 4) is 11.3 Å². The van der Waals surface area contributed by atoms with Gasteiger partial charge in [0.15, 0.2) is 5.82 Å². The van der Waals surface area contributed by atoms with Crippen molar-refractivity contribution >= 4 is 16.9 Å². The fraction of sp³-hybridized carbons (Fsp3) is 0.421. The van der Waals surface area contributed by atoms with E-state index in [1.165, 1.54) is 16.7 Å². The third kappa shape index (κ3) is 2.76. The number of hydrogen-bond acceptors (Lipinski definition) is 6. The molecule has 2 aromatic heterocycles. The van der Waals surface area contributed by atoms with E-state index in [0.717, 1.165) is 41.5 Å². The highest BCUT2D eigenvalue weighted by molar-refractivity contribution is 5.95. The summed E-state index contributed by atoms with van der Waals surface area (Å²) in [6.45, 7) is 11.2. The molecule has 1 saturated heterocycles. The zero-order chi connectivity index (χ0) is 17.6. The maximum absolute atomic E-state index is 5.73. The van der Waals surface area contributed by atoms with Crippen LogP contribution in [0, 0.1) is 27.7 Å². The number of anilines is 1. The number of aryl methyl sites for hydroxylation is 4. The van der Waals surface area contributed by atoms with Crippen LogP contribution in [0.3, 0.4) is 0 Å². The van der Waals surface area contributed by atoms with Gasteiger partial charge in [0, 0.05) is 18.7 Å². The van der Waals surface area contributed by atoms with Crippen LogP contribution in [0.4, 0.5) is 5.82 Å². The Morgan fingerprint density at radius 1 is 0.960 bits per heavy atom. The maximum Gasteiger partial charge on any atom is 0.228 e. The molecule has 0 N–H and O–H groups in total. The lowest BCUT2D eigenvalue weighted by Crippen LogP contribution is -2.37. The Kier molecular flexibility index (Phi) is 3.92. The zero-order valence-electron chi connectivity index (χ0n) is 15.1. The molecule has 0 unspecified atom stereocenters. The first-order chi connectivity index (χ1) is 12.0. The lowest BCUT2D eigenvalue weighted by molar-refractivity contribution is 0.122. The first-order valence-corrected chi connectivity index (χ1v) is 8.59. The highest BCUT2D eigenvalue weighted by atomic mass is 16.5. The van der Waals surface area contributed by atoms with E-state index in [0.29, 0.717) is 18.8 Å². The summed E-state index contributed by atoms with van der Waals surface area (Å²) in [5.74, 6) is 1.54.